The van der Waals surface area contributed by atoms with Crippen molar-refractivity contribution in [3.63, 3.8) is 0 Å². The Kier molecular flexibility index (Phi) is 2.60. The quantitative estimate of drug-likeness (QED) is 0.530. The van der Waals surface area contributed by atoms with Crippen LogP contribution >= 0.6 is 0 Å². The molecule has 0 unspecified atom stereocenters. The molecule has 1 aliphatic heterocycles. The number of carbonyl (C=O) groups is 1. The molecule has 0 spiro atoms. The molecule has 3 aliphatic rings. The van der Waals surface area contributed by atoms with Crippen molar-refractivity contribution in [1.82, 2.24) is 0 Å². The van der Waals surface area contributed by atoms with E-state index in [1.54, 1.807) is 0 Å². The van der Waals surface area contributed by atoms with Crippen molar-refractivity contribution in [2.75, 3.05) is 0 Å². The fourth-order valence-corrected chi connectivity index (χ4v) is 4.37. The van der Waals surface area contributed by atoms with Gasteiger partial charge in [0.15, 0.2) is 0 Å². The van der Waals surface area contributed by atoms with Gasteiger partial charge in [0.25, 0.3) is 0 Å². The smallest absolute Gasteiger partial charge is 0.309 e. The number of hydrogen-bond donors (Lipinski definition) is 1. The minimum absolute atomic E-state index is 0.0163. The van der Waals surface area contributed by atoms with Gasteiger partial charge in [-0.1, -0.05) is 25.5 Å². The van der Waals surface area contributed by atoms with Crippen LogP contribution in [0.4, 0.5) is 0 Å². The highest BCUT2D eigenvalue weighted by molar-refractivity contribution is 5.75. The van der Waals surface area contributed by atoms with Gasteiger partial charge >= 0.3 is 5.97 Å². The van der Waals surface area contributed by atoms with Gasteiger partial charge in [0.05, 0.1) is 12.0 Å². The molecule has 2 aliphatic carbocycles. The average Bonchev–Trinajstić information content (AvgIpc) is 2.60. The molecule has 1 heterocycles. The summed E-state index contributed by atoms with van der Waals surface area (Å²) in [6, 6.07) is 0. The zero-order valence-electron chi connectivity index (χ0n) is 11.3. The molecule has 1 N–H and O–H groups in total. The van der Waals surface area contributed by atoms with Crippen LogP contribution in [0.1, 0.15) is 40.0 Å². The van der Waals surface area contributed by atoms with Crippen molar-refractivity contribution in [3.05, 3.63) is 11.6 Å². The third kappa shape index (κ3) is 1.43. The predicted molar refractivity (Wildman–Crippen MR) is 67.7 cm³/mol. The number of hydrogen-bond acceptors (Lipinski definition) is 3. The average molecular weight is 250 g/mol. The summed E-state index contributed by atoms with van der Waals surface area (Å²) in [5.41, 5.74) is 1.17. The van der Waals surface area contributed by atoms with E-state index >= 15 is 0 Å². The van der Waals surface area contributed by atoms with Gasteiger partial charge in [0.2, 0.25) is 0 Å². The van der Waals surface area contributed by atoms with E-state index in [4.69, 9.17) is 4.74 Å². The number of ether oxygens (including phenoxy) is 1. The normalized spacial score (nSPS) is 51.2. The zero-order valence-corrected chi connectivity index (χ0v) is 11.3. The first-order valence-electron chi connectivity index (χ1n) is 7.00. The highest BCUT2D eigenvalue weighted by atomic mass is 16.6. The fourth-order valence-electron chi connectivity index (χ4n) is 4.37. The molecule has 1 saturated heterocycles. The first-order chi connectivity index (χ1) is 8.45. The largest absolute Gasteiger partial charge is 0.461 e. The van der Waals surface area contributed by atoms with E-state index < -0.39 is 0 Å². The molecule has 1 saturated carbocycles. The summed E-state index contributed by atoms with van der Waals surface area (Å²) in [4.78, 5) is 11.8. The number of aliphatic hydroxyl groups is 1. The lowest BCUT2D eigenvalue weighted by Gasteiger charge is -2.51. The van der Waals surface area contributed by atoms with Crippen molar-refractivity contribution in [2.45, 2.75) is 52.2 Å². The van der Waals surface area contributed by atoms with Gasteiger partial charge in [-0.05, 0) is 26.2 Å². The summed E-state index contributed by atoms with van der Waals surface area (Å²) in [7, 11) is 0. The minimum Gasteiger partial charge on any atom is -0.461 e. The van der Waals surface area contributed by atoms with Crippen molar-refractivity contribution in [2.24, 2.45) is 23.2 Å². The molecule has 18 heavy (non-hydrogen) atoms. The Labute approximate surface area is 108 Å². The third-order valence-electron chi connectivity index (χ3n) is 5.66. The van der Waals surface area contributed by atoms with E-state index in [9.17, 15) is 9.90 Å². The van der Waals surface area contributed by atoms with Crippen LogP contribution < -0.4 is 0 Å². The number of fused-ring (bicyclic) bond motifs is 3. The summed E-state index contributed by atoms with van der Waals surface area (Å²) in [5, 5.41) is 10.3. The molecule has 0 aromatic rings. The zero-order chi connectivity index (χ0) is 13.1. The van der Waals surface area contributed by atoms with Crippen LogP contribution in [0.15, 0.2) is 11.6 Å². The molecule has 0 aromatic heterocycles. The van der Waals surface area contributed by atoms with Crippen LogP contribution in [0.2, 0.25) is 0 Å². The molecule has 6 atom stereocenters. The first-order valence-corrected chi connectivity index (χ1v) is 7.00. The second-order valence-corrected chi connectivity index (χ2v) is 6.58. The predicted octanol–water partition coefficient (Wildman–Crippen LogP) is 2.29. The van der Waals surface area contributed by atoms with Crippen LogP contribution in [0.5, 0.6) is 0 Å². The number of carbonyl (C=O) groups excluding carboxylic acids is 1. The third-order valence-corrected chi connectivity index (χ3v) is 5.66. The summed E-state index contributed by atoms with van der Waals surface area (Å²) in [6.45, 7) is 6.26. The second-order valence-electron chi connectivity index (χ2n) is 6.58. The van der Waals surface area contributed by atoms with Gasteiger partial charge in [-0.2, -0.15) is 0 Å². The van der Waals surface area contributed by atoms with E-state index in [1.807, 2.05) is 6.92 Å². The lowest BCUT2D eigenvalue weighted by molar-refractivity contribution is -0.151. The fraction of sp³-hybridized carbons (Fsp3) is 0.800. The number of esters is 1. The molecule has 3 rings (SSSR count). The van der Waals surface area contributed by atoms with E-state index in [1.165, 1.54) is 5.57 Å². The molecule has 2 fully saturated rings. The topological polar surface area (TPSA) is 46.5 Å². The highest BCUT2D eigenvalue weighted by Crippen LogP contribution is 2.56. The van der Waals surface area contributed by atoms with Crippen molar-refractivity contribution in [1.29, 1.82) is 0 Å². The molecule has 0 bridgehead atoms. The van der Waals surface area contributed by atoms with Crippen LogP contribution in [0.3, 0.4) is 0 Å². The van der Waals surface area contributed by atoms with Crippen LogP contribution in [-0.4, -0.2) is 23.3 Å². The maximum absolute atomic E-state index is 11.8. The number of rotatable bonds is 0. The van der Waals surface area contributed by atoms with E-state index in [0.29, 0.717) is 5.92 Å². The van der Waals surface area contributed by atoms with Crippen molar-refractivity contribution < 1.29 is 14.6 Å². The van der Waals surface area contributed by atoms with Gasteiger partial charge < -0.3 is 9.84 Å². The van der Waals surface area contributed by atoms with Crippen molar-refractivity contribution >= 4 is 5.97 Å². The van der Waals surface area contributed by atoms with Gasteiger partial charge in [0.1, 0.15) is 6.10 Å². The number of aliphatic hydroxyl groups excluding tert-OH is 1. The highest BCUT2D eigenvalue weighted by Gasteiger charge is 2.58. The molecule has 0 radical (unpaired) electrons. The minimum atomic E-state index is -0.304. The van der Waals surface area contributed by atoms with Crippen molar-refractivity contribution in [3.8, 4) is 0 Å². The Hall–Kier alpha value is -0.830. The van der Waals surface area contributed by atoms with Gasteiger partial charge in [0, 0.05) is 17.3 Å². The van der Waals surface area contributed by atoms with E-state index in [0.717, 1.165) is 19.3 Å². The Balaban J connectivity index is 2.00. The molecule has 3 nitrogen and oxygen atoms in total. The van der Waals surface area contributed by atoms with Gasteiger partial charge in [-0.25, -0.2) is 0 Å². The van der Waals surface area contributed by atoms with E-state index in [2.05, 4.69) is 19.9 Å². The van der Waals surface area contributed by atoms with Crippen LogP contribution in [-0.2, 0) is 9.53 Å². The monoisotopic (exact) mass is 250 g/mol. The first kappa shape index (κ1) is 12.2. The Morgan fingerprint density at radius 1 is 1.50 bits per heavy atom. The Morgan fingerprint density at radius 3 is 2.94 bits per heavy atom. The Morgan fingerprint density at radius 2 is 2.22 bits per heavy atom. The van der Waals surface area contributed by atoms with Gasteiger partial charge in [-0.15, -0.1) is 0 Å². The standard InChI is InChI=1S/C15H22O3/c1-8-4-5-11(16)15(3)7-6-10-9(2)14(17)18-13(10)12(8)15/h4,9-13,16H,5-7H2,1-3H3/t9-,10+,11-,12+,13+,15+/m1/s1. The molecule has 3 heteroatoms. The maximum Gasteiger partial charge on any atom is 0.309 e. The molecule has 100 valence electrons. The molecule has 0 aromatic carbocycles. The summed E-state index contributed by atoms with van der Waals surface area (Å²) in [5.74, 6) is 0.506. The van der Waals surface area contributed by atoms with Crippen LogP contribution in [0, 0.1) is 23.2 Å². The van der Waals surface area contributed by atoms with E-state index in [-0.39, 0.29) is 35.4 Å². The Bertz CT molecular complexity index is 414. The maximum atomic E-state index is 11.8. The van der Waals surface area contributed by atoms with Gasteiger partial charge in [-0.3, -0.25) is 4.79 Å². The lowest BCUT2D eigenvalue weighted by atomic mass is 9.55. The second kappa shape index (κ2) is 3.83. The summed E-state index contributed by atoms with van der Waals surface area (Å²) < 4.78 is 5.64. The SMILES string of the molecule is CC1=CC[C@@H](O)[C@]2(C)CC[C@@H]3[C@H](OC(=O)[C@@H]3C)[C@H]12. The van der Waals surface area contributed by atoms with Crippen LogP contribution in [0.25, 0.3) is 0 Å². The molecule has 0 amide bonds. The summed E-state index contributed by atoms with van der Waals surface area (Å²) in [6.07, 6.45) is 4.52. The molecular formula is C15H22O3. The summed E-state index contributed by atoms with van der Waals surface area (Å²) >= 11 is 0. The molecular weight excluding hydrogens is 228 g/mol. The lowest BCUT2D eigenvalue weighted by Crippen LogP contribution is -2.52.